The molecule has 0 saturated heterocycles. The third-order valence-electron chi connectivity index (χ3n) is 2.55. The van der Waals surface area contributed by atoms with Crippen LogP contribution in [0.25, 0.3) is 0 Å². The van der Waals surface area contributed by atoms with E-state index in [-0.39, 0.29) is 4.75 Å². The van der Waals surface area contributed by atoms with Crippen molar-refractivity contribution in [3.8, 4) is 0 Å². The van der Waals surface area contributed by atoms with Crippen molar-refractivity contribution in [3.05, 3.63) is 35.9 Å². The predicted molar refractivity (Wildman–Crippen MR) is 52.9 cm³/mol. The molecule has 1 unspecified atom stereocenters. The van der Waals surface area contributed by atoms with Crippen LogP contribution in [0.5, 0.6) is 0 Å². The van der Waals surface area contributed by atoms with E-state index in [1.54, 1.807) is 0 Å². The Morgan fingerprint density at radius 2 is 1.92 bits per heavy atom. The SMILES string of the molecule is O=S(O)C1(Cc2ccccc2)CC1. The van der Waals surface area contributed by atoms with Gasteiger partial charge in [-0.05, 0) is 24.8 Å². The molecule has 0 spiro atoms. The molecule has 2 rings (SSSR count). The minimum absolute atomic E-state index is 0.318. The number of benzene rings is 1. The Morgan fingerprint density at radius 3 is 2.38 bits per heavy atom. The zero-order chi connectivity index (χ0) is 9.31. The monoisotopic (exact) mass is 196 g/mol. The average molecular weight is 196 g/mol. The van der Waals surface area contributed by atoms with Gasteiger partial charge in [0.1, 0.15) is 0 Å². The Kier molecular flexibility index (Phi) is 2.22. The summed E-state index contributed by atoms with van der Waals surface area (Å²) >= 11 is -1.67. The Hall–Kier alpha value is -0.670. The minimum Gasteiger partial charge on any atom is -0.306 e. The van der Waals surface area contributed by atoms with Crippen molar-refractivity contribution in [3.63, 3.8) is 0 Å². The fourth-order valence-corrected chi connectivity index (χ4v) is 2.26. The molecule has 0 bridgehead atoms. The van der Waals surface area contributed by atoms with Crippen molar-refractivity contribution in [1.29, 1.82) is 0 Å². The van der Waals surface area contributed by atoms with E-state index in [4.69, 9.17) is 4.55 Å². The van der Waals surface area contributed by atoms with E-state index in [2.05, 4.69) is 0 Å². The molecule has 13 heavy (non-hydrogen) atoms. The second-order valence-electron chi connectivity index (χ2n) is 3.59. The van der Waals surface area contributed by atoms with E-state index in [1.165, 1.54) is 0 Å². The molecule has 1 N–H and O–H groups in total. The quantitative estimate of drug-likeness (QED) is 0.751. The molecule has 0 heterocycles. The van der Waals surface area contributed by atoms with Crippen LogP contribution in [0.4, 0.5) is 0 Å². The van der Waals surface area contributed by atoms with Crippen molar-refractivity contribution in [2.45, 2.75) is 24.0 Å². The van der Waals surface area contributed by atoms with Gasteiger partial charge < -0.3 is 4.55 Å². The summed E-state index contributed by atoms with van der Waals surface area (Å²) in [5.41, 5.74) is 1.16. The molecule has 1 aliphatic carbocycles. The Bertz CT molecular complexity index is 317. The van der Waals surface area contributed by atoms with Gasteiger partial charge in [-0.3, -0.25) is 0 Å². The maximum atomic E-state index is 11.0. The van der Waals surface area contributed by atoms with Crippen molar-refractivity contribution in [2.75, 3.05) is 0 Å². The summed E-state index contributed by atoms with van der Waals surface area (Å²) in [6.07, 6.45) is 2.49. The average Bonchev–Trinajstić information content (AvgIpc) is 2.87. The molecule has 1 aromatic carbocycles. The summed E-state index contributed by atoms with van der Waals surface area (Å²) in [7, 11) is 0. The highest BCUT2D eigenvalue weighted by Crippen LogP contribution is 2.43. The summed E-state index contributed by atoms with van der Waals surface area (Å²) < 4.78 is 19.8. The van der Waals surface area contributed by atoms with E-state index in [9.17, 15) is 4.21 Å². The van der Waals surface area contributed by atoms with Crippen molar-refractivity contribution in [2.24, 2.45) is 0 Å². The lowest BCUT2D eigenvalue weighted by atomic mass is 10.1. The number of hydrogen-bond donors (Lipinski definition) is 1. The molecule has 70 valence electrons. The van der Waals surface area contributed by atoms with Crippen LogP contribution in [0, 0.1) is 0 Å². The first kappa shape index (κ1) is 8.91. The molecule has 1 aromatic rings. The largest absolute Gasteiger partial charge is 0.306 e. The van der Waals surface area contributed by atoms with Gasteiger partial charge in [0.15, 0.2) is 11.1 Å². The molecule has 1 atom stereocenters. The van der Waals surface area contributed by atoms with Gasteiger partial charge >= 0.3 is 0 Å². The maximum Gasteiger partial charge on any atom is 0.159 e. The predicted octanol–water partition coefficient (Wildman–Crippen LogP) is 1.98. The van der Waals surface area contributed by atoms with Crippen molar-refractivity contribution < 1.29 is 8.76 Å². The van der Waals surface area contributed by atoms with Crippen LogP contribution >= 0.6 is 0 Å². The second kappa shape index (κ2) is 3.24. The summed E-state index contributed by atoms with van der Waals surface area (Å²) in [5.74, 6) is 0. The highest BCUT2D eigenvalue weighted by atomic mass is 32.2. The van der Waals surface area contributed by atoms with E-state index in [1.807, 2.05) is 30.3 Å². The lowest BCUT2D eigenvalue weighted by molar-refractivity contribution is 0.543. The first-order chi connectivity index (χ1) is 6.23. The summed E-state index contributed by atoms with van der Waals surface area (Å²) in [6.45, 7) is 0. The Balaban J connectivity index is 2.11. The zero-order valence-corrected chi connectivity index (χ0v) is 8.09. The summed E-state index contributed by atoms with van der Waals surface area (Å²) in [4.78, 5) is 0. The van der Waals surface area contributed by atoms with E-state index < -0.39 is 11.1 Å². The first-order valence-electron chi connectivity index (χ1n) is 4.38. The van der Waals surface area contributed by atoms with Gasteiger partial charge in [-0.1, -0.05) is 30.3 Å². The van der Waals surface area contributed by atoms with Gasteiger partial charge in [-0.15, -0.1) is 0 Å². The highest BCUT2D eigenvalue weighted by molar-refractivity contribution is 7.81. The molecule has 1 fully saturated rings. The van der Waals surface area contributed by atoms with Gasteiger partial charge in [0, 0.05) is 0 Å². The third-order valence-corrected chi connectivity index (χ3v) is 3.84. The molecule has 1 saturated carbocycles. The fourth-order valence-electron chi connectivity index (χ4n) is 1.52. The molecular weight excluding hydrogens is 184 g/mol. The van der Waals surface area contributed by atoms with E-state index >= 15 is 0 Å². The van der Waals surface area contributed by atoms with Crippen molar-refractivity contribution in [1.82, 2.24) is 0 Å². The minimum atomic E-state index is -1.67. The van der Waals surface area contributed by atoms with E-state index in [0.29, 0.717) is 0 Å². The fraction of sp³-hybridized carbons (Fsp3) is 0.400. The zero-order valence-electron chi connectivity index (χ0n) is 7.27. The van der Waals surface area contributed by atoms with Gasteiger partial charge in [0.25, 0.3) is 0 Å². The molecule has 0 amide bonds. The highest BCUT2D eigenvalue weighted by Gasteiger charge is 2.48. The van der Waals surface area contributed by atoms with Gasteiger partial charge in [0.05, 0.1) is 4.75 Å². The van der Waals surface area contributed by atoms with Crippen LogP contribution in [-0.4, -0.2) is 13.5 Å². The maximum absolute atomic E-state index is 11.0. The molecule has 1 aliphatic rings. The van der Waals surface area contributed by atoms with E-state index in [0.717, 1.165) is 24.8 Å². The van der Waals surface area contributed by atoms with Crippen LogP contribution < -0.4 is 0 Å². The van der Waals surface area contributed by atoms with Gasteiger partial charge in [-0.25, -0.2) is 4.21 Å². The third kappa shape index (κ3) is 1.81. The normalized spacial score (nSPS) is 21.0. The molecular formula is C10H12O2S. The Morgan fingerprint density at radius 1 is 1.31 bits per heavy atom. The molecule has 0 radical (unpaired) electrons. The summed E-state index contributed by atoms with van der Waals surface area (Å²) in [5, 5.41) is 0. The van der Waals surface area contributed by atoms with Crippen LogP contribution in [0.2, 0.25) is 0 Å². The number of hydrogen-bond acceptors (Lipinski definition) is 1. The smallest absolute Gasteiger partial charge is 0.159 e. The van der Waals surface area contributed by atoms with Gasteiger partial charge in [-0.2, -0.15) is 0 Å². The van der Waals surface area contributed by atoms with Crippen LogP contribution in [0.15, 0.2) is 30.3 Å². The molecule has 0 aromatic heterocycles. The summed E-state index contributed by atoms with van der Waals surface area (Å²) in [6, 6.07) is 9.90. The van der Waals surface area contributed by atoms with Crippen molar-refractivity contribution >= 4 is 11.1 Å². The lowest BCUT2D eigenvalue weighted by Gasteiger charge is -2.09. The van der Waals surface area contributed by atoms with Crippen LogP contribution in [0.1, 0.15) is 18.4 Å². The second-order valence-corrected chi connectivity index (χ2v) is 4.96. The molecule has 2 nitrogen and oxygen atoms in total. The number of rotatable bonds is 3. The van der Waals surface area contributed by atoms with Crippen LogP contribution in [0.3, 0.4) is 0 Å². The van der Waals surface area contributed by atoms with Gasteiger partial charge in [0.2, 0.25) is 0 Å². The first-order valence-corrected chi connectivity index (χ1v) is 5.48. The molecule has 0 aliphatic heterocycles. The topological polar surface area (TPSA) is 37.3 Å². The van der Waals surface area contributed by atoms with Crippen LogP contribution in [-0.2, 0) is 17.5 Å². The lowest BCUT2D eigenvalue weighted by Crippen LogP contribution is -2.18. The Labute approximate surface area is 80.3 Å². The standard InChI is InChI=1S/C10H12O2S/c11-13(12)10(6-7-10)8-9-4-2-1-3-5-9/h1-5H,6-8H2,(H,11,12). The molecule has 3 heteroatoms.